The number of piperidine rings is 1. The van der Waals surface area contributed by atoms with Gasteiger partial charge in [-0.3, -0.25) is 18.7 Å². The summed E-state index contributed by atoms with van der Waals surface area (Å²) in [6.45, 7) is 6.55. The first-order valence-electron chi connectivity index (χ1n) is 11.8. The molecule has 0 aromatic heterocycles. The van der Waals surface area contributed by atoms with E-state index in [0.29, 0.717) is 23.4 Å². The van der Waals surface area contributed by atoms with Gasteiger partial charge in [0.25, 0.3) is 5.91 Å². The van der Waals surface area contributed by atoms with E-state index in [0.717, 1.165) is 31.5 Å². The molecule has 1 fully saturated rings. The van der Waals surface area contributed by atoms with Gasteiger partial charge in [-0.25, -0.2) is 4.31 Å². The first-order chi connectivity index (χ1) is 16.2. The molecule has 1 saturated heterocycles. The Hall–Kier alpha value is -2.39. The van der Waals surface area contributed by atoms with Crippen LogP contribution < -0.4 is 0 Å². The third-order valence-corrected chi connectivity index (χ3v) is 8.98. The molecule has 2 atom stereocenters. The minimum atomic E-state index is -3.27. The maximum atomic E-state index is 12.8. The van der Waals surface area contributed by atoms with Crippen molar-refractivity contribution < 1.29 is 23.4 Å². The van der Waals surface area contributed by atoms with Crippen molar-refractivity contribution in [2.24, 2.45) is 5.92 Å². The van der Waals surface area contributed by atoms with E-state index in [-0.39, 0.29) is 30.3 Å². The molecule has 0 bridgehead atoms. The number of fused-ring (bicyclic) bond motifs is 1. The Bertz CT molecular complexity index is 1070. The summed E-state index contributed by atoms with van der Waals surface area (Å²) in [5.41, 5.74) is 3.71. The fraction of sp³-hybridized carbons (Fsp3) is 0.462. The van der Waals surface area contributed by atoms with Gasteiger partial charge in [0.05, 0.1) is 23.5 Å². The van der Waals surface area contributed by atoms with Crippen molar-refractivity contribution in [3.8, 4) is 0 Å². The Balaban J connectivity index is 1.34. The summed E-state index contributed by atoms with van der Waals surface area (Å²) >= 11 is 0. The van der Waals surface area contributed by atoms with E-state index >= 15 is 0 Å². The zero-order valence-electron chi connectivity index (χ0n) is 20.1. The van der Waals surface area contributed by atoms with Crippen molar-refractivity contribution in [2.75, 3.05) is 33.3 Å². The van der Waals surface area contributed by atoms with E-state index in [1.807, 2.05) is 19.1 Å². The highest BCUT2D eigenvalue weighted by molar-refractivity contribution is 8.23. The second-order valence-electron chi connectivity index (χ2n) is 9.31. The number of nitrogens with zero attached hydrogens (tertiary/aromatic N) is 2. The molecule has 34 heavy (non-hydrogen) atoms. The summed E-state index contributed by atoms with van der Waals surface area (Å²) in [5, 5.41) is 0. The Morgan fingerprint density at radius 2 is 1.85 bits per heavy atom. The highest BCUT2D eigenvalue weighted by Crippen LogP contribution is 2.58. The Morgan fingerprint density at radius 3 is 2.59 bits per heavy atom. The van der Waals surface area contributed by atoms with Crippen LogP contribution in [-0.2, 0) is 9.53 Å². The van der Waals surface area contributed by atoms with Crippen LogP contribution in [0.3, 0.4) is 0 Å². The number of esters is 1. The van der Waals surface area contributed by atoms with E-state index in [1.165, 1.54) is 22.5 Å². The largest absolute Gasteiger partial charge is 0.469 e. The van der Waals surface area contributed by atoms with Gasteiger partial charge in [-0.2, -0.15) is 0 Å². The second-order valence-corrected chi connectivity index (χ2v) is 11.2. The Morgan fingerprint density at radius 1 is 1.12 bits per heavy atom. The number of aryl methyl sites for hydroxylation is 2. The van der Waals surface area contributed by atoms with Gasteiger partial charge in [-0.05, 0) is 75.4 Å². The number of carbonyl (C=O) groups is 2. The number of rotatable bonds is 7. The van der Waals surface area contributed by atoms with Gasteiger partial charge in [-0.1, -0.05) is 46.7 Å². The van der Waals surface area contributed by atoms with Crippen molar-refractivity contribution >= 4 is 22.7 Å². The van der Waals surface area contributed by atoms with E-state index in [9.17, 15) is 18.7 Å². The fourth-order valence-corrected chi connectivity index (χ4v) is 6.87. The monoisotopic (exact) mass is 486 g/mol. The van der Waals surface area contributed by atoms with Crippen molar-refractivity contribution in [2.45, 2.75) is 43.9 Å². The molecule has 0 radical (unpaired) electrons. The van der Waals surface area contributed by atoms with Crippen molar-refractivity contribution in [1.29, 1.82) is 0 Å². The van der Waals surface area contributed by atoms with Crippen molar-refractivity contribution in [1.82, 2.24) is 9.21 Å². The quantitative estimate of drug-likeness (QED) is 0.430. The third-order valence-electron chi connectivity index (χ3n) is 7.07. The second kappa shape index (κ2) is 10.1. The van der Waals surface area contributed by atoms with E-state index in [1.54, 1.807) is 18.2 Å². The van der Waals surface area contributed by atoms with Crippen LogP contribution in [0.5, 0.6) is 0 Å². The van der Waals surface area contributed by atoms with Gasteiger partial charge < -0.3 is 9.64 Å². The number of likely N-dealkylation sites (tertiary alicyclic amines) is 1. The normalized spacial score (nSPS) is 23.0. The number of amides is 1. The summed E-state index contributed by atoms with van der Waals surface area (Å²) in [5.74, 6) is -0.571. The predicted molar refractivity (Wildman–Crippen MR) is 133 cm³/mol. The predicted octanol–water partition coefficient (Wildman–Crippen LogP) is 4.84. The molecular formula is C26H34N2O5S. The van der Waals surface area contributed by atoms with Crippen LogP contribution in [0.1, 0.15) is 52.2 Å². The Kier molecular flexibility index (Phi) is 7.33. The van der Waals surface area contributed by atoms with E-state index in [4.69, 9.17) is 4.74 Å². The summed E-state index contributed by atoms with van der Waals surface area (Å²) in [4.78, 5) is 28.0. The molecule has 0 aliphatic carbocycles. The molecule has 2 aromatic rings. The molecule has 1 unspecified atom stereocenters. The van der Waals surface area contributed by atoms with E-state index < -0.39 is 10.8 Å². The third kappa shape index (κ3) is 4.73. The minimum absolute atomic E-state index is 0.141. The van der Waals surface area contributed by atoms with E-state index in [2.05, 4.69) is 24.0 Å². The molecule has 4 rings (SSSR count). The lowest BCUT2D eigenvalue weighted by molar-refractivity contribution is -0.148. The smallest absolute Gasteiger partial charge is 0.310 e. The van der Waals surface area contributed by atoms with Crippen LogP contribution in [0.15, 0.2) is 47.4 Å². The number of ether oxygens (including phenoxy) is 1. The van der Waals surface area contributed by atoms with Crippen LogP contribution in [-0.4, -0.2) is 63.5 Å². The number of hydrogen-bond donors (Lipinski definition) is 2. The van der Waals surface area contributed by atoms with Crippen LogP contribution in [0.4, 0.5) is 0 Å². The van der Waals surface area contributed by atoms with Gasteiger partial charge >= 0.3 is 5.97 Å². The molecule has 2 aliphatic rings. The van der Waals surface area contributed by atoms with Gasteiger partial charge in [0, 0.05) is 13.1 Å². The lowest BCUT2D eigenvalue weighted by Gasteiger charge is -2.38. The lowest BCUT2D eigenvalue weighted by atomic mass is 9.79. The van der Waals surface area contributed by atoms with Crippen LogP contribution in [0.2, 0.25) is 0 Å². The van der Waals surface area contributed by atoms with Crippen LogP contribution in [0.25, 0.3) is 0 Å². The highest BCUT2D eigenvalue weighted by atomic mass is 32.3. The molecule has 2 aliphatic heterocycles. The average Bonchev–Trinajstić information content (AvgIpc) is 3.01. The lowest BCUT2D eigenvalue weighted by Crippen LogP contribution is -2.44. The first-order valence-corrected chi connectivity index (χ1v) is 13.3. The standard InChI is InChI=1S/C26H34N2O5S/c1-18-10-11-24-22(16-18)25(29)28(34(24,31)32)14-7-6-13-27-15-12-21(23(17-27)26(30)33-3)20-9-5-4-8-19(20)2/h4-5,8-11,16,21,23,31-32H,6-7,12-15,17H2,1-3H3/t21-,23?/m0/s1. The maximum absolute atomic E-state index is 12.8. The number of carbonyl (C=O) groups excluding carboxylic acids is 2. The molecule has 7 nitrogen and oxygen atoms in total. The van der Waals surface area contributed by atoms with Gasteiger partial charge in [0.1, 0.15) is 0 Å². The number of hydrogen-bond acceptors (Lipinski definition) is 6. The molecule has 1 amide bonds. The Labute approximate surface area is 203 Å². The molecule has 2 aromatic carbocycles. The summed E-state index contributed by atoms with van der Waals surface area (Å²) in [7, 11) is -1.83. The highest BCUT2D eigenvalue weighted by Gasteiger charge is 2.41. The zero-order chi connectivity index (χ0) is 24.5. The molecular weight excluding hydrogens is 452 g/mol. The van der Waals surface area contributed by atoms with Gasteiger partial charge in [-0.15, -0.1) is 0 Å². The van der Waals surface area contributed by atoms with Gasteiger partial charge in [0.2, 0.25) is 0 Å². The molecule has 2 heterocycles. The molecule has 2 N–H and O–H groups in total. The average molecular weight is 487 g/mol. The van der Waals surface area contributed by atoms with Gasteiger partial charge in [0.15, 0.2) is 0 Å². The first kappa shape index (κ1) is 24.7. The maximum Gasteiger partial charge on any atom is 0.310 e. The summed E-state index contributed by atoms with van der Waals surface area (Å²) in [6, 6.07) is 13.4. The topological polar surface area (TPSA) is 90.3 Å². The zero-order valence-corrected chi connectivity index (χ0v) is 20.9. The molecule has 0 spiro atoms. The number of unbranched alkanes of at least 4 members (excludes halogenated alkanes) is 1. The number of methoxy groups -OCH3 is 1. The number of benzene rings is 2. The summed E-state index contributed by atoms with van der Waals surface area (Å²) in [6.07, 6.45) is 2.32. The summed E-state index contributed by atoms with van der Waals surface area (Å²) < 4.78 is 27.7. The molecule has 184 valence electrons. The van der Waals surface area contributed by atoms with Crippen LogP contribution in [0, 0.1) is 19.8 Å². The fourth-order valence-electron chi connectivity index (χ4n) is 5.23. The van der Waals surface area contributed by atoms with Crippen molar-refractivity contribution in [3.63, 3.8) is 0 Å². The minimum Gasteiger partial charge on any atom is -0.469 e. The molecule has 0 saturated carbocycles. The molecule has 8 heteroatoms. The SMILES string of the molecule is COC(=O)C1CN(CCCCN2C(=O)c3cc(C)ccc3S2(O)O)CC[C@H]1c1ccccc1C. The van der Waals surface area contributed by atoms with Crippen molar-refractivity contribution in [3.05, 3.63) is 64.7 Å². The van der Waals surface area contributed by atoms with Crippen LogP contribution >= 0.6 is 10.8 Å².